The minimum absolute atomic E-state index is 0.00940. The number of hydrazine groups is 1. The average Bonchev–Trinajstić information content (AvgIpc) is 2.82. The Balaban J connectivity index is 2.01. The first-order valence-electron chi connectivity index (χ1n) is 5.88. The highest BCUT2D eigenvalue weighted by Gasteiger charge is 2.50. The van der Waals surface area contributed by atoms with Crippen LogP contribution in [0, 0.1) is 5.92 Å². The summed E-state index contributed by atoms with van der Waals surface area (Å²) in [5.41, 5.74) is 1.10. The second-order valence-corrected chi connectivity index (χ2v) is 4.60. The number of hydrogen-bond acceptors (Lipinski definition) is 3. The van der Waals surface area contributed by atoms with Crippen molar-refractivity contribution in [2.24, 2.45) is 5.92 Å². The van der Waals surface area contributed by atoms with Crippen molar-refractivity contribution in [1.29, 1.82) is 0 Å². The van der Waals surface area contributed by atoms with Gasteiger partial charge in [0.15, 0.2) is 0 Å². The summed E-state index contributed by atoms with van der Waals surface area (Å²) in [6, 6.07) is 9.93. The molecule has 2 atom stereocenters. The van der Waals surface area contributed by atoms with Gasteiger partial charge in [0, 0.05) is 13.0 Å². The molecule has 2 aliphatic rings. The standard InChI is InChI=1S/C13H14N2O2/c1-9-12(10-5-3-2-4-6-10)14-8-7-11(16)15(14)13(9)17/h2-6,9,12H,7-8H2,1H3/t9-,12+/m1/s1. The third-order valence-corrected chi connectivity index (χ3v) is 3.58. The van der Waals surface area contributed by atoms with Gasteiger partial charge >= 0.3 is 0 Å². The molecule has 88 valence electrons. The van der Waals surface area contributed by atoms with Crippen molar-refractivity contribution < 1.29 is 9.59 Å². The Hall–Kier alpha value is -1.68. The Labute approximate surface area is 99.8 Å². The number of benzene rings is 1. The summed E-state index contributed by atoms with van der Waals surface area (Å²) in [6.45, 7) is 2.54. The van der Waals surface area contributed by atoms with Crippen LogP contribution in [0.3, 0.4) is 0 Å². The van der Waals surface area contributed by atoms with Gasteiger partial charge in [-0.05, 0) is 5.56 Å². The van der Waals surface area contributed by atoms with E-state index in [2.05, 4.69) is 0 Å². The molecule has 0 spiro atoms. The van der Waals surface area contributed by atoms with Crippen molar-refractivity contribution in [1.82, 2.24) is 10.0 Å². The van der Waals surface area contributed by atoms with E-state index in [1.54, 1.807) is 0 Å². The molecule has 17 heavy (non-hydrogen) atoms. The molecule has 2 aliphatic heterocycles. The molecule has 4 nitrogen and oxygen atoms in total. The number of amides is 2. The Morgan fingerprint density at radius 2 is 1.88 bits per heavy atom. The van der Waals surface area contributed by atoms with Gasteiger partial charge < -0.3 is 0 Å². The number of fused-ring (bicyclic) bond motifs is 1. The van der Waals surface area contributed by atoms with Crippen molar-refractivity contribution in [3.05, 3.63) is 35.9 Å². The van der Waals surface area contributed by atoms with Gasteiger partial charge in [-0.15, -0.1) is 0 Å². The maximum atomic E-state index is 12.0. The van der Waals surface area contributed by atoms with Crippen LogP contribution in [0.5, 0.6) is 0 Å². The maximum absolute atomic E-state index is 12.0. The largest absolute Gasteiger partial charge is 0.273 e. The van der Waals surface area contributed by atoms with Crippen LogP contribution in [-0.4, -0.2) is 28.4 Å². The molecule has 1 aromatic rings. The summed E-state index contributed by atoms with van der Waals surface area (Å²) >= 11 is 0. The molecule has 0 aromatic heterocycles. The lowest BCUT2D eigenvalue weighted by Crippen LogP contribution is -2.36. The number of rotatable bonds is 1. The van der Waals surface area contributed by atoms with Crippen molar-refractivity contribution in [2.45, 2.75) is 19.4 Å². The lowest BCUT2D eigenvalue weighted by Gasteiger charge is -2.24. The fourth-order valence-corrected chi connectivity index (χ4v) is 2.77. The fourth-order valence-electron chi connectivity index (χ4n) is 2.77. The third kappa shape index (κ3) is 1.41. The first-order valence-corrected chi connectivity index (χ1v) is 5.88. The van der Waals surface area contributed by atoms with E-state index in [4.69, 9.17) is 0 Å². The lowest BCUT2D eigenvalue weighted by molar-refractivity contribution is -0.149. The molecule has 1 aromatic carbocycles. The summed E-state index contributed by atoms with van der Waals surface area (Å²) in [7, 11) is 0. The van der Waals surface area contributed by atoms with Gasteiger partial charge in [-0.3, -0.25) is 9.59 Å². The zero-order valence-corrected chi connectivity index (χ0v) is 9.67. The van der Waals surface area contributed by atoms with Gasteiger partial charge in [-0.1, -0.05) is 37.3 Å². The van der Waals surface area contributed by atoms with Crippen LogP contribution in [0.1, 0.15) is 24.9 Å². The second-order valence-electron chi connectivity index (χ2n) is 4.60. The number of carbonyl (C=O) groups excluding carboxylic acids is 2. The highest BCUT2D eigenvalue weighted by molar-refractivity contribution is 5.99. The summed E-state index contributed by atoms with van der Waals surface area (Å²) < 4.78 is 0. The number of hydrogen-bond donors (Lipinski definition) is 0. The summed E-state index contributed by atoms with van der Waals surface area (Å²) in [4.78, 5) is 23.7. The third-order valence-electron chi connectivity index (χ3n) is 3.58. The summed E-state index contributed by atoms with van der Waals surface area (Å²) in [5, 5.41) is 3.24. The van der Waals surface area contributed by atoms with E-state index < -0.39 is 0 Å². The van der Waals surface area contributed by atoms with Gasteiger partial charge in [0.25, 0.3) is 0 Å². The zero-order valence-electron chi connectivity index (χ0n) is 9.67. The van der Waals surface area contributed by atoms with Crippen LogP contribution in [0.2, 0.25) is 0 Å². The molecular formula is C13H14N2O2. The zero-order chi connectivity index (χ0) is 12.0. The molecule has 0 saturated carbocycles. The first-order chi connectivity index (χ1) is 8.20. The molecule has 2 fully saturated rings. The van der Waals surface area contributed by atoms with E-state index in [-0.39, 0.29) is 23.8 Å². The SMILES string of the molecule is C[C@H]1C(=O)N2C(=O)CCN2[C@@H]1c1ccccc1. The Bertz CT molecular complexity index is 472. The fraction of sp³-hybridized carbons (Fsp3) is 0.385. The van der Waals surface area contributed by atoms with E-state index in [9.17, 15) is 9.59 Å². The molecule has 3 rings (SSSR count). The minimum Gasteiger partial charge on any atom is -0.273 e. The van der Waals surface area contributed by atoms with Gasteiger partial charge in [0.1, 0.15) is 0 Å². The van der Waals surface area contributed by atoms with Crippen LogP contribution in [0.25, 0.3) is 0 Å². The molecule has 4 heteroatoms. The Morgan fingerprint density at radius 3 is 2.59 bits per heavy atom. The molecule has 0 radical (unpaired) electrons. The second kappa shape index (κ2) is 3.67. The Kier molecular flexibility index (Phi) is 2.26. The van der Waals surface area contributed by atoms with Gasteiger partial charge in [-0.25, -0.2) is 10.0 Å². The van der Waals surface area contributed by atoms with Crippen LogP contribution in [0.15, 0.2) is 30.3 Å². The van der Waals surface area contributed by atoms with Gasteiger partial charge in [-0.2, -0.15) is 0 Å². The van der Waals surface area contributed by atoms with E-state index in [0.717, 1.165) is 5.56 Å². The molecule has 2 saturated heterocycles. The normalized spacial score (nSPS) is 28.9. The predicted octanol–water partition coefficient (Wildman–Crippen LogP) is 1.35. The number of carbonyl (C=O) groups is 2. The molecule has 0 bridgehead atoms. The maximum Gasteiger partial charge on any atom is 0.248 e. The van der Waals surface area contributed by atoms with Crippen LogP contribution in [0.4, 0.5) is 0 Å². The highest BCUT2D eigenvalue weighted by Crippen LogP contribution is 2.40. The highest BCUT2D eigenvalue weighted by atomic mass is 16.2. The molecule has 2 amide bonds. The smallest absolute Gasteiger partial charge is 0.248 e. The molecule has 0 aliphatic carbocycles. The van der Waals surface area contributed by atoms with Crippen molar-refractivity contribution in [3.8, 4) is 0 Å². The van der Waals surface area contributed by atoms with Crippen LogP contribution in [-0.2, 0) is 9.59 Å². The summed E-state index contributed by atoms with van der Waals surface area (Å²) in [5.74, 6) is -0.289. The number of imide groups is 1. The van der Waals surface area contributed by atoms with Crippen molar-refractivity contribution >= 4 is 11.8 Å². The van der Waals surface area contributed by atoms with E-state index in [1.165, 1.54) is 5.01 Å². The van der Waals surface area contributed by atoms with Crippen molar-refractivity contribution in [3.63, 3.8) is 0 Å². The van der Waals surface area contributed by atoms with Crippen molar-refractivity contribution in [2.75, 3.05) is 6.54 Å². The van der Waals surface area contributed by atoms with E-state index >= 15 is 0 Å². The monoisotopic (exact) mass is 230 g/mol. The molecule has 2 heterocycles. The van der Waals surface area contributed by atoms with Gasteiger partial charge in [0.2, 0.25) is 11.8 Å². The lowest BCUT2D eigenvalue weighted by atomic mass is 9.95. The van der Waals surface area contributed by atoms with Crippen LogP contribution < -0.4 is 0 Å². The van der Waals surface area contributed by atoms with Gasteiger partial charge in [0.05, 0.1) is 12.0 Å². The Morgan fingerprint density at radius 1 is 1.18 bits per heavy atom. The minimum atomic E-state index is -0.151. The number of nitrogens with zero attached hydrogens (tertiary/aromatic N) is 2. The van der Waals surface area contributed by atoms with Crippen LogP contribution >= 0.6 is 0 Å². The van der Waals surface area contributed by atoms with E-state index in [1.807, 2.05) is 42.3 Å². The molecule has 0 N–H and O–H groups in total. The topological polar surface area (TPSA) is 40.6 Å². The molecule has 0 unspecified atom stereocenters. The predicted molar refractivity (Wildman–Crippen MR) is 61.5 cm³/mol. The quantitative estimate of drug-likeness (QED) is 0.684. The average molecular weight is 230 g/mol. The summed E-state index contributed by atoms with van der Waals surface area (Å²) in [6.07, 6.45) is 0.446. The molecular weight excluding hydrogens is 216 g/mol. The van der Waals surface area contributed by atoms with E-state index in [0.29, 0.717) is 13.0 Å². The first kappa shape index (κ1) is 10.5.